The lowest BCUT2D eigenvalue weighted by Gasteiger charge is -2.44. The molecular weight excluding hydrogens is 384 g/mol. The minimum Gasteiger partial charge on any atom is -0.497 e. The largest absolute Gasteiger partial charge is 0.497 e. The molecule has 1 aliphatic heterocycles. The first kappa shape index (κ1) is 19.9. The standard InChI is InChI=1S/C20H23ClN2O3S/c1-14-11-23(19(21)12-22(14)13-20(24)25)17-5-3-4-6-18(17)27-16-9-7-15(26-2)8-10-16/h3-10,14,19H,11-13H2,1-2H3,(H,24,25). The van der Waals surface area contributed by atoms with E-state index in [4.69, 9.17) is 21.4 Å². The number of carbonyl (C=O) groups is 1. The van der Waals surface area contributed by atoms with E-state index < -0.39 is 5.97 Å². The van der Waals surface area contributed by atoms with E-state index in [1.807, 2.05) is 48.2 Å². The van der Waals surface area contributed by atoms with Crippen molar-refractivity contribution in [1.29, 1.82) is 0 Å². The van der Waals surface area contributed by atoms with Gasteiger partial charge in [0.2, 0.25) is 0 Å². The number of aliphatic carboxylic acids is 1. The first-order valence-electron chi connectivity index (χ1n) is 8.75. The Morgan fingerprint density at radius 1 is 1.22 bits per heavy atom. The zero-order valence-corrected chi connectivity index (χ0v) is 16.9. The van der Waals surface area contributed by atoms with E-state index in [9.17, 15) is 4.79 Å². The summed E-state index contributed by atoms with van der Waals surface area (Å²) < 4.78 is 5.22. The van der Waals surface area contributed by atoms with Gasteiger partial charge in [-0.1, -0.05) is 35.5 Å². The highest BCUT2D eigenvalue weighted by Crippen LogP contribution is 2.38. The van der Waals surface area contributed by atoms with Crippen molar-refractivity contribution in [3.8, 4) is 5.75 Å². The number of piperazine rings is 1. The molecule has 1 saturated heterocycles. The Hall–Kier alpha value is -1.89. The lowest BCUT2D eigenvalue weighted by atomic mass is 10.1. The van der Waals surface area contributed by atoms with Crippen molar-refractivity contribution < 1.29 is 14.6 Å². The maximum Gasteiger partial charge on any atom is 0.317 e. The minimum absolute atomic E-state index is 0.0144. The maximum atomic E-state index is 11.1. The first-order chi connectivity index (χ1) is 13.0. The Morgan fingerprint density at radius 2 is 1.93 bits per heavy atom. The molecule has 1 aliphatic rings. The quantitative estimate of drug-likeness (QED) is 0.578. The van der Waals surface area contributed by atoms with Crippen LogP contribution in [0, 0.1) is 0 Å². The molecule has 1 heterocycles. The van der Waals surface area contributed by atoms with Crippen LogP contribution in [0.3, 0.4) is 0 Å². The summed E-state index contributed by atoms with van der Waals surface area (Å²) in [7, 11) is 1.66. The summed E-state index contributed by atoms with van der Waals surface area (Å²) in [5.41, 5.74) is 0.790. The van der Waals surface area contributed by atoms with Crippen molar-refractivity contribution in [2.24, 2.45) is 0 Å². The number of hydrogen-bond acceptors (Lipinski definition) is 5. The van der Waals surface area contributed by atoms with E-state index in [0.717, 1.165) is 21.2 Å². The number of nitrogens with zero attached hydrogens (tertiary/aromatic N) is 2. The van der Waals surface area contributed by atoms with Crippen LogP contribution in [0.2, 0.25) is 0 Å². The number of para-hydroxylation sites is 1. The molecule has 2 aromatic rings. The van der Waals surface area contributed by atoms with Crippen molar-refractivity contribution in [1.82, 2.24) is 4.90 Å². The molecule has 2 atom stereocenters. The van der Waals surface area contributed by atoms with Crippen LogP contribution in [-0.4, -0.2) is 54.3 Å². The fraction of sp³-hybridized carbons (Fsp3) is 0.350. The fourth-order valence-corrected chi connectivity index (χ4v) is 4.51. The van der Waals surface area contributed by atoms with Gasteiger partial charge in [-0.05, 0) is 43.3 Å². The summed E-state index contributed by atoms with van der Waals surface area (Å²) in [5, 5.41) is 9.09. The number of halogens is 1. The molecule has 27 heavy (non-hydrogen) atoms. The SMILES string of the molecule is COc1ccc(Sc2ccccc2N2CC(C)N(CC(=O)O)CC2Cl)cc1. The Labute approximate surface area is 168 Å². The number of methoxy groups -OCH3 is 1. The average Bonchev–Trinajstić information content (AvgIpc) is 2.65. The summed E-state index contributed by atoms with van der Waals surface area (Å²) in [6.45, 7) is 3.25. The number of alkyl halides is 1. The Bertz CT molecular complexity index is 787. The van der Waals surface area contributed by atoms with Gasteiger partial charge >= 0.3 is 5.97 Å². The van der Waals surface area contributed by atoms with Gasteiger partial charge in [0.25, 0.3) is 0 Å². The smallest absolute Gasteiger partial charge is 0.317 e. The van der Waals surface area contributed by atoms with Gasteiger partial charge in [0, 0.05) is 28.9 Å². The van der Waals surface area contributed by atoms with Gasteiger partial charge in [0.15, 0.2) is 0 Å². The molecule has 7 heteroatoms. The van der Waals surface area contributed by atoms with E-state index in [0.29, 0.717) is 13.1 Å². The summed E-state index contributed by atoms with van der Waals surface area (Å²) >= 11 is 8.32. The van der Waals surface area contributed by atoms with Gasteiger partial charge < -0.3 is 14.7 Å². The van der Waals surface area contributed by atoms with E-state index >= 15 is 0 Å². The van der Waals surface area contributed by atoms with Crippen molar-refractivity contribution in [2.45, 2.75) is 28.3 Å². The fourth-order valence-electron chi connectivity index (χ4n) is 3.18. The number of rotatable bonds is 6. The monoisotopic (exact) mass is 406 g/mol. The van der Waals surface area contributed by atoms with Gasteiger partial charge in [0.1, 0.15) is 11.3 Å². The lowest BCUT2D eigenvalue weighted by Crippen LogP contribution is -2.56. The molecule has 0 amide bonds. The van der Waals surface area contributed by atoms with E-state index in [-0.39, 0.29) is 18.1 Å². The Kier molecular flexibility index (Phi) is 6.52. The van der Waals surface area contributed by atoms with Crippen molar-refractivity contribution in [3.63, 3.8) is 0 Å². The normalized spacial score (nSPS) is 20.5. The van der Waals surface area contributed by atoms with Crippen molar-refractivity contribution in [3.05, 3.63) is 48.5 Å². The summed E-state index contributed by atoms with van der Waals surface area (Å²) in [6, 6.07) is 16.2. The molecule has 5 nitrogen and oxygen atoms in total. The number of carboxylic acid groups (broad SMARTS) is 1. The molecule has 144 valence electrons. The Morgan fingerprint density at radius 3 is 2.59 bits per heavy atom. The highest BCUT2D eigenvalue weighted by Gasteiger charge is 2.32. The van der Waals surface area contributed by atoms with Gasteiger partial charge in [-0.15, -0.1) is 0 Å². The number of benzene rings is 2. The van der Waals surface area contributed by atoms with Crippen LogP contribution in [0.5, 0.6) is 5.75 Å². The molecule has 3 rings (SSSR count). The topological polar surface area (TPSA) is 53.0 Å². The number of carboxylic acids is 1. The Balaban J connectivity index is 1.79. The lowest BCUT2D eigenvalue weighted by molar-refractivity contribution is -0.139. The maximum absolute atomic E-state index is 11.1. The van der Waals surface area contributed by atoms with Crippen LogP contribution in [0.1, 0.15) is 6.92 Å². The third-order valence-electron chi connectivity index (χ3n) is 4.61. The average molecular weight is 407 g/mol. The number of anilines is 1. The minimum atomic E-state index is -0.824. The molecule has 2 unspecified atom stereocenters. The van der Waals surface area contributed by atoms with Crippen LogP contribution in [0.25, 0.3) is 0 Å². The molecular formula is C20H23ClN2O3S. The molecule has 2 aromatic carbocycles. The van der Waals surface area contributed by atoms with Gasteiger partial charge in [-0.25, -0.2) is 0 Å². The second-order valence-corrected chi connectivity index (χ2v) is 8.12. The highest BCUT2D eigenvalue weighted by molar-refractivity contribution is 7.99. The summed E-state index contributed by atoms with van der Waals surface area (Å²) in [5.74, 6) is 0.00598. The molecule has 0 radical (unpaired) electrons. The van der Waals surface area contributed by atoms with Crippen molar-refractivity contribution >= 4 is 35.0 Å². The molecule has 0 saturated carbocycles. The molecule has 1 fully saturated rings. The molecule has 0 spiro atoms. The van der Waals surface area contributed by atoms with Gasteiger partial charge in [-0.2, -0.15) is 0 Å². The van der Waals surface area contributed by atoms with Crippen LogP contribution < -0.4 is 9.64 Å². The number of hydrogen-bond donors (Lipinski definition) is 1. The molecule has 0 aliphatic carbocycles. The van der Waals surface area contributed by atoms with Crippen LogP contribution in [0.4, 0.5) is 5.69 Å². The number of ether oxygens (including phenoxy) is 1. The van der Waals surface area contributed by atoms with Crippen LogP contribution >= 0.6 is 23.4 Å². The second-order valence-electron chi connectivity index (χ2n) is 6.50. The predicted octanol–water partition coefficient (Wildman–Crippen LogP) is 4.01. The third-order valence-corrected chi connectivity index (χ3v) is 6.05. The second kappa shape index (κ2) is 8.87. The van der Waals surface area contributed by atoms with Crippen LogP contribution in [-0.2, 0) is 4.79 Å². The van der Waals surface area contributed by atoms with E-state index in [2.05, 4.69) is 17.0 Å². The van der Waals surface area contributed by atoms with Crippen molar-refractivity contribution in [2.75, 3.05) is 31.6 Å². The molecule has 0 aromatic heterocycles. The highest BCUT2D eigenvalue weighted by atomic mass is 35.5. The molecule has 0 bridgehead atoms. The summed E-state index contributed by atoms with van der Waals surface area (Å²) in [4.78, 5) is 17.4. The van der Waals surface area contributed by atoms with Gasteiger partial charge in [0.05, 0.1) is 19.3 Å². The zero-order chi connectivity index (χ0) is 19.4. The third kappa shape index (κ3) is 4.89. The molecule has 1 N–H and O–H groups in total. The van der Waals surface area contributed by atoms with Crippen LogP contribution in [0.15, 0.2) is 58.3 Å². The predicted molar refractivity (Wildman–Crippen MR) is 109 cm³/mol. The van der Waals surface area contributed by atoms with Gasteiger partial charge in [-0.3, -0.25) is 9.69 Å². The first-order valence-corrected chi connectivity index (χ1v) is 10.0. The zero-order valence-electron chi connectivity index (χ0n) is 15.3. The summed E-state index contributed by atoms with van der Waals surface area (Å²) in [6.07, 6.45) is 0. The van der Waals surface area contributed by atoms with E-state index in [1.54, 1.807) is 18.9 Å². The van der Waals surface area contributed by atoms with E-state index in [1.165, 1.54) is 0 Å².